The highest BCUT2D eigenvalue weighted by molar-refractivity contribution is 8.77. The zero-order chi connectivity index (χ0) is 64.4. The first-order chi connectivity index (χ1) is 42.7. The topological polar surface area (TPSA) is 340 Å². The average molecular weight is 1320 g/mol. The van der Waals surface area contributed by atoms with Crippen LogP contribution in [0.2, 0.25) is 0 Å². The number of hydrogen-bond donors (Lipinski definition) is 11. The van der Waals surface area contributed by atoms with Crippen LogP contribution in [0.5, 0.6) is 0 Å². The summed E-state index contributed by atoms with van der Waals surface area (Å²) in [6.45, 7) is 12.3. The Morgan fingerprint density at radius 2 is 0.944 bits per heavy atom. The highest BCUT2D eigenvalue weighted by Gasteiger charge is 2.43. The molecule has 5 rings (SSSR count). The first-order valence-electron chi connectivity index (χ1n) is 31.5. The van der Waals surface area contributed by atoms with Crippen molar-refractivity contribution in [2.45, 2.75) is 195 Å². The molecule has 0 radical (unpaired) electrons. The van der Waals surface area contributed by atoms with Gasteiger partial charge in [0, 0.05) is 97.4 Å². The summed E-state index contributed by atoms with van der Waals surface area (Å²) in [7, 11) is 2.51. The van der Waals surface area contributed by atoms with E-state index in [4.69, 9.17) is 18.9 Å². The number of urea groups is 2. The molecule has 8 unspecified atom stereocenters. The van der Waals surface area contributed by atoms with Gasteiger partial charge in [-0.05, 0) is 104 Å². The molecule has 0 aliphatic carbocycles. The van der Waals surface area contributed by atoms with Crippen LogP contribution in [-0.4, -0.2) is 194 Å². The third-order valence-corrected chi connectivity index (χ3v) is 20.9. The summed E-state index contributed by atoms with van der Waals surface area (Å²) >= 11 is 3.73. The Bertz CT molecular complexity index is 2360. The zero-order valence-corrected chi connectivity index (χ0v) is 55.7. The van der Waals surface area contributed by atoms with Crippen LogP contribution in [0.25, 0.3) is 0 Å². The van der Waals surface area contributed by atoms with Gasteiger partial charge in [0.05, 0.1) is 80.7 Å². The number of carbonyl (C=O) groups is 10. The minimum atomic E-state index is -0.532. The molecule has 11 amide bonds. The van der Waals surface area contributed by atoms with Crippen LogP contribution < -0.4 is 58.5 Å². The normalized spacial score (nSPS) is 19.7. The zero-order valence-electron chi connectivity index (χ0n) is 52.4. The van der Waals surface area contributed by atoms with E-state index < -0.39 is 22.0 Å². The van der Waals surface area contributed by atoms with Crippen LogP contribution >= 0.6 is 45.1 Å². The van der Waals surface area contributed by atoms with Crippen molar-refractivity contribution in [1.82, 2.24) is 47.9 Å². The van der Waals surface area contributed by atoms with E-state index in [1.54, 1.807) is 19.9 Å². The molecule has 4 aliphatic heterocycles. The SMILES string of the molecule is CC(SSC(C)C(=O)NCCOCCOCCOCCC(=O)OC(C)(C)C)C(=O)NCCNC(=O)c1cc(NC(=O)CCCCCNC(=O)CCCCC2SCC3NC(=O)NC32)cc(NC(=O)CCCCCNC(=O)CCCCC2SCC3NC(=O)NC32)c1. The molecule has 1 aromatic rings. The summed E-state index contributed by atoms with van der Waals surface area (Å²) in [5.41, 5.74) is 0.263. The average Bonchev–Trinajstić information content (AvgIpc) is 2.14. The largest absolute Gasteiger partial charge is 0.460 e. The lowest BCUT2D eigenvalue weighted by Gasteiger charge is -2.19. The first kappa shape index (κ1) is 74.5. The Kier molecular flexibility index (Phi) is 34.6. The molecule has 1 aromatic carbocycles. The standard InChI is InChI=1S/C60H97N11O14S4/c1-39(88-89-40(2)56(78)65-27-29-83-31-33-84-32-30-82-28-22-52(76)85-60(3,4)5)55(77)63-25-26-64-57(79)41-34-42(66-50(74)20-8-6-14-23-61-48(72)18-12-10-16-46-53-44(37-86-46)68-58(80)70-53)36-43(35-41)67-51(75)21-9-7-15-24-62-49(73)19-13-11-17-47-54-45(38-87-47)69-59(81)71-54/h34-36,39-40,44-47,53-54H,6-33,37-38H2,1-5H3,(H,61,72)(H,62,73)(H,63,77)(H,64,79)(H,65,78)(H,66,74)(H,67,75)(H2,68,70,80)(H2,69,71,81). The van der Waals surface area contributed by atoms with Crippen molar-refractivity contribution in [3.05, 3.63) is 23.8 Å². The van der Waals surface area contributed by atoms with Crippen LogP contribution in [0.1, 0.15) is 154 Å². The summed E-state index contributed by atoms with van der Waals surface area (Å²) in [4.78, 5) is 126. The van der Waals surface area contributed by atoms with Crippen molar-refractivity contribution in [3.8, 4) is 0 Å². The fraction of sp³-hybridized carbons (Fsp3) is 0.733. The quantitative estimate of drug-likeness (QED) is 0.0171. The number of esters is 1. The van der Waals surface area contributed by atoms with Crippen molar-refractivity contribution < 1.29 is 66.9 Å². The lowest BCUT2D eigenvalue weighted by molar-refractivity contribution is -0.156. The number of unbranched alkanes of at least 4 members (excludes halogenated alkanes) is 6. The van der Waals surface area contributed by atoms with Gasteiger partial charge in [0.1, 0.15) is 5.60 Å². The number of benzene rings is 1. The van der Waals surface area contributed by atoms with Crippen LogP contribution in [0.4, 0.5) is 21.0 Å². The first-order valence-corrected chi connectivity index (χ1v) is 35.9. The molecular formula is C60H97N11O14S4. The van der Waals surface area contributed by atoms with Gasteiger partial charge in [0.2, 0.25) is 35.4 Å². The van der Waals surface area contributed by atoms with Gasteiger partial charge in [0.25, 0.3) is 5.91 Å². The van der Waals surface area contributed by atoms with Crippen LogP contribution in [-0.2, 0) is 52.5 Å². The van der Waals surface area contributed by atoms with E-state index in [1.807, 2.05) is 44.3 Å². The molecule has 29 heteroatoms. The van der Waals surface area contributed by atoms with Gasteiger partial charge in [-0.15, -0.1) is 0 Å². The Hall–Kier alpha value is -5.20. The van der Waals surface area contributed by atoms with E-state index in [2.05, 4.69) is 58.5 Å². The molecular weight excluding hydrogens is 1230 g/mol. The second-order valence-corrected chi connectivity index (χ2v) is 28.9. The summed E-state index contributed by atoms with van der Waals surface area (Å²) < 4.78 is 21.6. The minimum Gasteiger partial charge on any atom is -0.460 e. The lowest BCUT2D eigenvalue weighted by Crippen LogP contribution is -2.38. The van der Waals surface area contributed by atoms with E-state index in [0.29, 0.717) is 119 Å². The molecule has 0 bridgehead atoms. The summed E-state index contributed by atoms with van der Waals surface area (Å²) in [6.07, 6.45) is 10.6. The monoisotopic (exact) mass is 1320 g/mol. The smallest absolute Gasteiger partial charge is 0.315 e. The maximum atomic E-state index is 13.6. The summed E-state index contributed by atoms with van der Waals surface area (Å²) in [5, 5.41) is 31.8. The van der Waals surface area contributed by atoms with Gasteiger partial charge >= 0.3 is 18.0 Å². The molecule has 0 spiro atoms. The lowest BCUT2D eigenvalue weighted by atomic mass is 10.0. The number of rotatable bonds is 45. The molecule has 4 fully saturated rings. The maximum absolute atomic E-state index is 13.6. The number of anilines is 2. The van der Waals surface area contributed by atoms with E-state index in [0.717, 1.165) is 50.0 Å². The molecule has 89 heavy (non-hydrogen) atoms. The molecule has 8 atom stereocenters. The van der Waals surface area contributed by atoms with Crippen molar-refractivity contribution in [2.75, 3.05) is 94.5 Å². The predicted molar refractivity (Wildman–Crippen MR) is 350 cm³/mol. The second-order valence-electron chi connectivity index (χ2n) is 23.4. The summed E-state index contributed by atoms with van der Waals surface area (Å²) in [5.74, 6) is -0.0628. The Morgan fingerprint density at radius 3 is 1.44 bits per heavy atom. The van der Waals surface area contributed by atoms with Gasteiger partial charge < -0.3 is 77.4 Å². The van der Waals surface area contributed by atoms with Gasteiger partial charge in [-0.1, -0.05) is 47.3 Å². The molecule has 0 saturated carbocycles. The number of hydrogen-bond acceptors (Lipinski definition) is 18. The number of amides is 11. The Balaban J connectivity index is 0.954. The number of ether oxygens (including phenoxy) is 4. The van der Waals surface area contributed by atoms with E-state index >= 15 is 0 Å². The Labute approximate surface area is 540 Å². The van der Waals surface area contributed by atoms with Crippen LogP contribution in [0.15, 0.2) is 18.2 Å². The second kappa shape index (κ2) is 41.3. The van der Waals surface area contributed by atoms with Gasteiger partial charge in [-0.25, -0.2) is 9.59 Å². The van der Waals surface area contributed by atoms with Gasteiger partial charge in [-0.2, -0.15) is 23.5 Å². The molecule has 0 aromatic heterocycles. The van der Waals surface area contributed by atoms with Crippen LogP contribution in [0.3, 0.4) is 0 Å². The maximum Gasteiger partial charge on any atom is 0.315 e. The minimum absolute atomic E-state index is 0.00746. The van der Waals surface area contributed by atoms with Crippen molar-refractivity contribution in [2.24, 2.45) is 0 Å². The van der Waals surface area contributed by atoms with Crippen molar-refractivity contribution >= 4 is 116 Å². The fourth-order valence-corrected chi connectivity index (χ4v) is 15.3. The molecule has 25 nitrogen and oxygen atoms in total. The fourth-order valence-electron chi connectivity index (χ4n) is 10.0. The number of carbonyl (C=O) groups excluding carboxylic acids is 10. The van der Waals surface area contributed by atoms with Crippen molar-refractivity contribution in [1.29, 1.82) is 0 Å². The molecule has 500 valence electrons. The van der Waals surface area contributed by atoms with Gasteiger partial charge in [-0.3, -0.25) is 38.4 Å². The molecule has 11 N–H and O–H groups in total. The highest BCUT2D eigenvalue weighted by atomic mass is 33.1. The predicted octanol–water partition coefficient (Wildman–Crippen LogP) is 5.27. The van der Waals surface area contributed by atoms with Crippen molar-refractivity contribution in [3.63, 3.8) is 0 Å². The van der Waals surface area contributed by atoms with E-state index in [-0.39, 0.29) is 129 Å². The highest BCUT2D eigenvalue weighted by Crippen LogP contribution is 2.35. The number of nitrogens with one attached hydrogen (secondary N) is 11. The van der Waals surface area contributed by atoms with Gasteiger partial charge in [0.15, 0.2) is 0 Å². The number of fused-ring (bicyclic) bond motifs is 2. The van der Waals surface area contributed by atoms with E-state index in [9.17, 15) is 47.9 Å². The third kappa shape index (κ3) is 30.7. The molecule has 4 saturated heterocycles. The number of thioether (sulfide) groups is 2. The summed E-state index contributed by atoms with van der Waals surface area (Å²) in [6, 6.07) is 5.10. The Morgan fingerprint density at radius 1 is 0.506 bits per heavy atom. The molecule has 4 heterocycles. The van der Waals surface area contributed by atoms with E-state index in [1.165, 1.54) is 33.7 Å². The van der Waals surface area contributed by atoms with Crippen LogP contribution in [0, 0.1) is 0 Å². The third-order valence-electron chi connectivity index (χ3n) is 14.7. The molecule has 4 aliphatic rings.